The van der Waals surface area contributed by atoms with Gasteiger partial charge in [-0.05, 0) is 48.2 Å². The van der Waals surface area contributed by atoms with Gasteiger partial charge in [-0.3, -0.25) is 0 Å². The smallest absolute Gasteiger partial charge is 0.315 e. The average Bonchev–Trinajstić information content (AvgIpc) is 3.40. The minimum atomic E-state index is -0.234. The molecule has 1 aliphatic rings. The number of hydrogen-bond acceptors (Lipinski definition) is 3. The number of benzene rings is 2. The van der Waals surface area contributed by atoms with Crippen LogP contribution in [0.15, 0.2) is 46.9 Å². The molecule has 3 rings (SSSR count). The molecule has 0 atom stereocenters. The van der Waals surface area contributed by atoms with Crippen molar-refractivity contribution in [2.24, 2.45) is 0 Å². The van der Waals surface area contributed by atoms with E-state index in [1.165, 1.54) is 0 Å². The lowest BCUT2D eigenvalue weighted by molar-refractivity contribution is 0.235. The van der Waals surface area contributed by atoms with Crippen LogP contribution in [0.2, 0.25) is 0 Å². The third kappa shape index (κ3) is 4.07. The summed E-state index contributed by atoms with van der Waals surface area (Å²) in [5, 5.41) is 6.01. The lowest BCUT2D eigenvalue weighted by Gasteiger charge is -2.19. The molecular weight excluding hydrogens is 384 g/mol. The summed E-state index contributed by atoms with van der Waals surface area (Å²) in [7, 11) is 3.19. The highest BCUT2D eigenvalue weighted by Gasteiger charge is 2.45. The number of carbonyl (C=O) groups excluding carboxylic acids is 1. The van der Waals surface area contributed by atoms with Crippen LogP contribution in [0, 0.1) is 0 Å². The summed E-state index contributed by atoms with van der Waals surface area (Å²) in [6.45, 7) is 0.419. The largest absolute Gasteiger partial charge is 0.493 e. The maximum Gasteiger partial charge on any atom is 0.315 e. The van der Waals surface area contributed by atoms with Crippen LogP contribution < -0.4 is 20.1 Å². The molecule has 1 aliphatic carbocycles. The van der Waals surface area contributed by atoms with Gasteiger partial charge in [-0.25, -0.2) is 4.79 Å². The van der Waals surface area contributed by atoms with Gasteiger partial charge in [0.05, 0.1) is 19.8 Å². The van der Waals surface area contributed by atoms with Crippen molar-refractivity contribution < 1.29 is 14.3 Å². The van der Waals surface area contributed by atoms with Gasteiger partial charge in [0.2, 0.25) is 0 Å². The Morgan fingerprint density at radius 1 is 1.08 bits per heavy atom. The molecule has 0 unspecified atom stereocenters. The molecule has 0 radical (unpaired) electrons. The van der Waals surface area contributed by atoms with Crippen LogP contribution in [0.1, 0.15) is 24.0 Å². The molecule has 1 fully saturated rings. The van der Waals surface area contributed by atoms with E-state index in [2.05, 4.69) is 26.6 Å². The summed E-state index contributed by atoms with van der Waals surface area (Å²) in [5.74, 6) is 1.32. The van der Waals surface area contributed by atoms with E-state index in [9.17, 15) is 4.79 Å². The van der Waals surface area contributed by atoms with Gasteiger partial charge >= 0.3 is 6.03 Å². The Hall–Kier alpha value is -2.21. The fourth-order valence-corrected chi connectivity index (χ4v) is 3.08. The Bertz CT molecular complexity index is 758. The minimum Gasteiger partial charge on any atom is -0.493 e. The number of urea groups is 1. The maximum absolute atomic E-state index is 12.3. The number of rotatable bonds is 6. The summed E-state index contributed by atoms with van der Waals surface area (Å²) in [4.78, 5) is 12.3. The van der Waals surface area contributed by atoms with Crippen molar-refractivity contribution in [2.75, 3.05) is 14.2 Å². The monoisotopic (exact) mass is 404 g/mol. The second-order valence-corrected chi connectivity index (χ2v) is 7.00. The first-order chi connectivity index (χ1) is 12.1. The Morgan fingerprint density at radius 2 is 1.76 bits per heavy atom. The first-order valence-electron chi connectivity index (χ1n) is 8.09. The molecule has 0 saturated heterocycles. The second kappa shape index (κ2) is 7.35. The number of carbonyl (C=O) groups is 1. The average molecular weight is 405 g/mol. The zero-order chi connectivity index (χ0) is 17.9. The number of methoxy groups -OCH3 is 2. The molecule has 2 N–H and O–H groups in total. The quantitative estimate of drug-likeness (QED) is 0.765. The minimum absolute atomic E-state index is 0.171. The Labute approximate surface area is 155 Å². The molecular formula is C19H21BrN2O3. The zero-order valence-electron chi connectivity index (χ0n) is 14.3. The van der Waals surface area contributed by atoms with Gasteiger partial charge in [0.15, 0.2) is 11.5 Å². The normalized spacial score (nSPS) is 14.5. The van der Waals surface area contributed by atoms with Gasteiger partial charge in [-0.15, -0.1) is 0 Å². The van der Waals surface area contributed by atoms with Crippen molar-refractivity contribution in [3.63, 3.8) is 0 Å². The predicted molar refractivity (Wildman–Crippen MR) is 100.0 cm³/mol. The van der Waals surface area contributed by atoms with Gasteiger partial charge in [0.25, 0.3) is 0 Å². The number of nitrogens with one attached hydrogen (secondary N) is 2. The lowest BCUT2D eigenvalue weighted by atomic mass is 10.1. The maximum atomic E-state index is 12.3. The third-order valence-electron chi connectivity index (χ3n) is 4.40. The van der Waals surface area contributed by atoms with Gasteiger partial charge in [-0.1, -0.05) is 34.1 Å². The molecule has 0 bridgehead atoms. The van der Waals surface area contributed by atoms with Crippen molar-refractivity contribution in [3.05, 3.63) is 58.1 Å². The number of halogens is 1. The highest BCUT2D eigenvalue weighted by molar-refractivity contribution is 9.10. The summed E-state index contributed by atoms with van der Waals surface area (Å²) in [6, 6.07) is 13.5. The number of ether oxygens (including phenoxy) is 2. The summed E-state index contributed by atoms with van der Waals surface area (Å²) in [6.07, 6.45) is 1.91. The van der Waals surface area contributed by atoms with E-state index in [0.717, 1.165) is 28.4 Å². The zero-order valence-corrected chi connectivity index (χ0v) is 15.9. The van der Waals surface area contributed by atoms with Crippen molar-refractivity contribution >= 4 is 22.0 Å². The van der Waals surface area contributed by atoms with E-state index in [1.54, 1.807) is 14.2 Å². The van der Waals surface area contributed by atoms with Gasteiger partial charge < -0.3 is 20.1 Å². The first kappa shape index (κ1) is 17.6. The lowest BCUT2D eigenvalue weighted by Crippen LogP contribution is -2.41. The third-order valence-corrected chi connectivity index (χ3v) is 4.93. The highest BCUT2D eigenvalue weighted by Crippen LogP contribution is 2.45. The van der Waals surface area contributed by atoms with E-state index >= 15 is 0 Å². The van der Waals surface area contributed by atoms with E-state index in [1.807, 2.05) is 42.5 Å². The van der Waals surface area contributed by atoms with Crippen molar-refractivity contribution in [1.82, 2.24) is 10.6 Å². The molecule has 2 aromatic rings. The molecule has 25 heavy (non-hydrogen) atoms. The van der Waals surface area contributed by atoms with Crippen LogP contribution in [-0.4, -0.2) is 20.3 Å². The molecule has 1 saturated carbocycles. The van der Waals surface area contributed by atoms with Crippen LogP contribution >= 0.6 is 15.9 Å². The van der Waals surface area contributed by atoms with Crippen LogP contribution in [0.25, 0.3) is 0 Å². The number of hydrogen-bond donors (Lipinski definition) is 2. The second-order valence-electron chi connectivity index (χ2n) is 6.09. The fourth-order valence-electron chi connectivity index (χ4n) is 2.81. The van der Waals surface area contributed by atoms with E-state index in [0.29, 0.717) is 18.0 Å². The Kier molecular flexibility index (Phi) is 5.18. The SMILES string of the molecule is COc1ccc(CNC(=O)NC2(c3ccc(Br)cc3)CC2)cc1OC. The fraction of sp³-hybridized carbons (Fsp3) is 0.316. The van der Waals surface area contributed by atoms with Crippen molar-refractivity contribution in [1.29, 1.82) is 0 Å². The molecule has 2 amide bonds. The van der Waals surface area contributed by atoms with Crippen molar-refractivity contribution in [2.45, 2.75) is 24.9 Å². The summed E-state index contributed by atoms with van der Waals surface area (Å²) < 4.78 is 11.5. The van der Waals surface area contributed by atoms with Gasteiger partial charge in [0.1, 0.15) is 0 Å². The van der Waals surface area contributed by atoms with Crippen LogP contribution in [0.5, 0.6) is 11.5 Å². The molecule has 0 heterocycles. The molecule has 2 aromatic carbocycles. The Morgan fingerprint density at radius 3 is 2.36 bits per heavy atom. The molecule has 6 heteroatoms. The predicted octanol–water partition coefficient (Wildman–Crippen LogP) is 3.95. The standard InChI is InChI=1S/C19H21BrN2O3/c1-24-16-8-3-13(11-17(16)25-2)12-21-18(23)22-19(9-10-19)14-4-6-15(20)7-5-14/h3-8,11H,9-10,12H2,1-2H3,(H2,21,22,23). The summed E-state index contributed by atoms with van der Waals surface area (Å²) >= 11 is 3.44. The summed E-state index contributed by atoms with van der Waals surface area (Å²) in [5.41, 5.74) is 1.85. The first-order valence-corrected chi connectivity index (χ1v) is 8.88. The van der Waals surface area contributed by atoms with Crippen molar-refractivity contribution in [3.8, 4) is 11.5 Å². The Balaban J connectivity index is 1.59. The van der Waals surface area contributed by atoms with Gasteiger partial charge in [-0.2, -0.15) is 0 Å². The van der Waals surface area contributed by atoms with E-state index < -0.39 is 0 Å². The molecule has 132 valence electrons. The highest BCUT2D eigenvalue weighted by atomic mass is 79.9. The van der Waals surface area contributed by atoms with Crippen LogP contribution in [-0.2, 0) is 12.1 Å². The molecule has 0 spiro atoms. The van der Waals surface area contributed by atoms with E-state index in [4.69, 9.17) is 9.47 Å². The molecule has 0 aliphatic heterocycles. The number of amides is 2. The molecule has 0 aromatic heterocycles. The topological polar surface area (TPSA) is 59.6 Å². The van der Waals surface area contributed by atoms with E-state index in [-0.39, 0.29) is 11.6 Å². The van der Waals surface area contributed by atoms with Gasteiger partial charge in [0, 0.05) is 11.0 Å². The molecule has 5 nitrogen and oxygen atoms in total. The van der Waals surface area contributed by atoms with Crippen LogP contribution in [0.4, 0.5) is 4.79 Å². The van der Waals surface area contributed by atoms with Crippen LogP contribution in [0.3, 0.4) is 0 Å².